The van der Waals surface area contributed by atoms with Crippen LogP contribution in [0.3, 0.4) is 0 Å². The van der Waals surface area contributed by atoms with Crippen LogP contribution in [0.2, 0.25) is 0 Å². The quantitative estimate of drug-likeness (QED) is 0.525. The minimum absolute atomic E-state index is 0.410. The van der Waals surface area contributed by atoms with Gasteiger partial charge in [-0.25, -0.2) is 4.98 Å². The van der Waals surface area contributed by atoms with Gasteiger partial charge in [0.2, 0.25) is 5.95 Å². The molecule has 1 aliphatic carbocycles. The first-order valence-corrected chi connectivity index (χ1v) is 11.2. The zero-order valence-electron chi connectivity index (χ0n) is 18.7. The van der Waals surface area contributed by atoms with Gasteiger partial charge in [0.25, 0.3) is 0 Å². The SMILES string of the molecule is Cc1cccc(CNC[C@H]2CC[C@@H](Nc3nc(N(C)C)c4ccccc4n3)CC2)c1O. The van der Waals surface area contributed by atoms with Crippen LogP contribution in [-0.4, -0.2) is 41.8 Å². The third-order valence-corrected chi connectivity index (χ3v) is 6.26. The molecule has 3 aromatic rings. The number of hydrogen-bond acceptors (Lipinski definition) is 6. The van der Waals surface area contributed by atoms with Crippen LogP contribution in [0, 0.1) is 12.8 Å². The van der Waals surface area contributed by atoms with Crippen LogP contribution in [0.25, 0.3) is 10.9 Å². The molecule has 6 heteroatoms. The molecular weight excluding hydrogens is 386 g/mol. The molecule has 1 aromatic heterocycles. The van der Waals surface area contributed by atoms with Gasteiger partial charge in [0.1, 0.15) is 11.6 Å². The van der Waals surface area contributed by atoms with E-state index in [0.717, 1.165) is 53.2 Å². The molecule has 0 unspecified atom stereocenters. The van der Waals surface area contributed by atoms with Gasteiger partial charge in [-0.2, -0.15) is 4.98 Å². The summed E-state index contributed by atoms with van der Waals surface area (Å²) in [4.78, 5) is 11.6. The lowest BCUT2D eigenvalue weighted by atomic mass is 9.86. The van der Waals surface area contributed by atoms with Gasteiger partial charge in [-0.3, -0.25) is 0 Å². The summed E-state index contributed by atoms with van der Waals surface area (Å²) in [5.74, 6) is 2.75. The van der Waals surface area contributed by atoms with E-state index in [1.54, 1.807) is 0 Å². The number of benzene rings is 2. The summed E-state index contributed by atoms with van der Waals surface area (Å²) in [6.45, 7) is 3.63. The average Bonchev–Trinajstić information content (AvgIpc) is 2.77. The first kappa shape index (κ1) is 21.4. The monoisotopic (exact) mass is 419 g/mol. The Balaban J connectivity index is 1.30. The fourth-order valence-electron chi connectivity index (χ4n) is 4.43. The number of phenols is 1. The fourth-order valence-corrected chi connectivity index (χ4v) is 4.43. The minimum Gasteiger partial charge on any atom is -0.507 e. The molecule has 164 valence electrons. The van der Waals surface area contributed by atoms with Gasteiger partial charge in [-0.15, -0.1) is 0 Å². The molecule has 1 aliphatic rings. The number of fused-ring (bicyclic) bond motifs is 1. The Morgan fingerprint density at radius 2 is 1.77 bits per heavy atom. The van der Waals surface area contributed by atoms with Crippen LogP contribution >= 0.6 is 0 Å². The predicted octanol–water partition coefficient (Wildman–Crippen LogP) is 4.47. The lowest BCUT2D eigenvalue weighted by molar-refractivity contribution is 0.323. The van der Waals surface area contributed by atoms with E-state index >= 15 is 0 Å². The summed E-state index contributed by atoms with van der Waals surface area (Å²) in [5, 5.41) is 18.4. The second kappa shape index (κ2) is 9.52. The van der Waals surface area contributed by atoms with E-state index in [0.29, 0.717) is 24.3 Å². The Bertz CT molecular complexity index is 1030. The second-order valence-electron chi connectivity index (χ2n) is 8.86. The Hall–Kier alpha value is -2.86. The zero-order valence-corrected chi connectivity index (χ0v) is 18.7. The van der Waals surface area contributed by atoms with E-state index in [4.69, 9.17) is 9.97 Å². The molecule has 0 aliphatic heterocycles. The molecule has 1 heterocycles. The van der Waals surface area contributed by atoms with E-state index < -0.39 is 0 Å². The zero-order chi connectivity index (χ0) is 21.8. The molecule has 2 aromatic carbocycles. The summed E-state index contributed by atoms with van der Waals surface area (Å²) in [6.07, 6.45) is 4.60. The number of nitrogens with one attached hydrogen (secondary N) is 2. The topological polar surface area (TPSA) is 73.3 Å². The molecule has 0 radical (unpaired) electrons. The molecule has 6 nitrogen and oxygen atoms in total. The number of aryl methyl sites for hydroxylation is 1. The highest BCUT2D eigenvalue weighted by Crippen LogP contribution is 2.28. The summed E-state index contributed by atoms with van der Waals surface area (Å²) in [6, 6.07) is 14.5. The van der Waals surface area contributed by atoms with Crippen molar-refractivity contribution in [1.82, 2.24) is 15.3 Å². The van der Waals surface area contributed by atoms with E-state index in [2.05, 4.69) is 16.7 Å². The Kier molecular flexibility index (Phi) is 6.56. The maximum absolute atomic E-state index is 10.2. The smallest absolute Gasteiger partial charge is 0.225 e. The Morgan fingerprint density at radius 1 is 1.00 bits per heavy atom. The van der Waals surface area contributed by atoms with Gasteiger partial charge in [-0.05, 0) is 62.8 Å². The summed E-state index contributed by atoms with van der Waals surface area (Å²) in [7, 11) is 4.04. The van der Waals surface area contributed by atoms with Gasteiger partial charge >= 0.3 is 0 Å². The highest BCUT2D eigenvalue weighted by Gasteiger charge is 2.22. The van der Waals surface area contributed by atoms with E-state index in [-0.39, 0.29) is 0 Å². The van der Waals surface area contributed by atoms with Gasteiger partial charge in [0, 0.05) is 37.6 Å². The highest BCUT2D eigenvalue weighted by atomic mass is 16.3. The van der Waals surface area contributed by atoms with Crippen LogP contribution in [-0.2, 0) is 6.54 Å². The molecule has 0 atom stereocenters. The molecule has 31 heavy (non-hydrogen) atoms. The van der Waals surface area contributed by atoms with Crippen molar-refractivity contribution in [2.75, 3.05) is 30.9 Å². The van der Waals surface area contributed by atoms with E-state index in [1.807, 2.05) is 62.3 Å². The third kappa shape index (κ3) is 5.07. The van der Waals surface area contributed by atoms with E-state index in [1.165, 1.54) is 12.8 Å². The van der Waals surface area contributed by atoms with Crippen LogP contribution in [0.1, 0.15) is 36.8 Å². The van der Waals surface area contributed by atoms with Crippen LogP contribution in [0.5, 0.6) is 5.75 Å². The standard InChI is InChI=1S/C25H33N5O/c1-17-7-6-8-19(23(17)31)16-26-15-18-11-13-20(14-12-18)27-25-28-22-10-5-4-9-21(22)24(29-25)30(2)3/h4-10,18,20,26,31H,11-16H2,1-3H3,(H,27,28,29)/t18-,20+. The number of aromatic hydroxyl groups is 1. The van der Waals surface area contributed by atoms with Crippen molar-refractivity contribution in [2.24, 2.45) is 5.92 Å². The van der Waals surface area contributed by atoms with Crippen LogP contribution in [0.4, 0.5) is 11.8 Å². The Morgan fingerprint density at radius 3 is 2.55 bits per heavy atom. The van der Waals surface area contributed by atoms with Gasteiger partial charge in [0.05, 0.1) is 5.52 Å². The first-order valence-electron chi connectivity index (χ1n) is 11.2. The Labute approximate surface area is 184 Å². The van der Waals surface area contributed by atoms with Gasteiger partial charge in [0.15, 0.2) is 0 Å². The summed E-state index contributed by atoms with van der Waals surface area (Å²) in [5.41, 5.74) is 2.88. The van der Waals surface area contributed by atoms with Crippen molar-refractivity contribution >= 4 is 22.7 Å². The molecular formula is C25H33N5O. The van der Waals surface area contributed by atoms with Crippen molar-refractivity contribution in [1.29, 1.82) is 0 Å². The predicted molar refractivity (Wildman–Crippen MR) is 128 cm³/mol. The molecule has 0 bridgehead atoms. The normalized spacial score (nSPS) is 18.8. The first-order chi connectivity index (χ1) is 15.0. The number of aromatic nitrogens is 2. The van der Waals surface area contributed by atoms with Crippen molar-refractivity contribution < 1.29 is 5.11 Å². The molecule has 0 amide bonds. The molecule has 0 saturated heterocycles. The van der Waals surface area contributed by atoms with Crippen molar-refractivity contribution in [2.45, 2.75) is 45.2 Å². The average molecular weight is 420 g/mol. The minimum atomic E-state index is 0.410. The number of phenolic OH excluding ortho intramolecular Hbond substituents is 1. The van der Waals surface area contributed by atoms with Crippen LogP contribution < -0.4 is 15.5 Å². The molecule has 4 rings (SSSR count). The maximum atomic E-state index is 10.2. The number of nitrogens with zero attached hydrogens (tertiary/aromatic N) is 3. The molecule has 1 saturated carbocycles. The van der Waals surface area contributed by atoms with Crippen LogP contribution in [0.15, 0.2) is 42.5 Å². The number of hydrogen-bond donors (Lipinski definition) is 3. The second-order valence-corrected chi connectivity index (χ2v) is 8.86. The van der Waals surface area contributed by atoms with Gasteiger partial charge in [-0.1, -0.05) is 30.3 Å². The number of para-hydroxylation sites is 2. The van der Waals surface area contributed by atoms with E-state index in [9.17, 15) is 5.11 Å². The summed E-state index contributed by atoms with van der Waals surface area (Å²) >= 11 is 0. The highest BCUT2D eigenvalue weighted by molar-refractivity contribution is 5.90. The molecule has 3 N–H and O–H groups in total. The lowest BCUT2D eigenvalue weighted by Gasteiger charge is -2.29. The lowest BCUT2D eigenvalue weighted by Crippen LogP contribution is -2.31. The van der Waals surface area contributed by atoms with Crippen molar-refractivity contribution in [3.63, 3.8) is 0 Å². The fraction of sp³-hybridized carbons (Fsp3) is 0.440. The number of rotatable bonds is 7. The molecule has 1 fully saturated rings. The van der Waals surface area contributed by atoms with Gasteiger partial charge < -0.3 is 20.6 Å². The van der Waals surface area contributed by atoms with Crippen molar-refractivity contribution in [3.8, 4) is 5.75 Å². The third-order valence-electron chi connectivity index (χ3n) is 6.26. The number of anilines is 2. The largest absolute Gasteiger partial charge is 0.507 e. The molecule has 0 spiro atoms. The maximum Gasteiger partial charge on any atom is 0.225 e. The van der Waals surface area contributed by atoms with Crippen molar-refractivity contribution in [3.05, 3.63) is 53.6 Å². The summed E-state index contributed by atoms with van der Waals surface area (Å²) < 4.78 is 0.